The van der Waals surface area contributed by atoms with Crippen molar-refractivity contribution >= 4 is 11.6 Å². The number of hydrogen-bond acceptors (Lipinski definition) is 3. The van der Waals surface area contributed by atoms with Gasteiger partial charge in [0.1, 0.15) is 0 Å². The quantitative estimate of drug-likeness (QED) is 0.892. The van der Waals surface area contributed by atoms with E-state index in [0.29, 0.717) is 23.4 Å². The summed E-state index contributed by atoms with van der Waals surface area (Å²) in [6.45, 7) is 0.662. The van der Waals surface area contributed by atoms with Crippen molar-refractivity contribution in [3.63, 3.8) is 0 Å². The van der Waals surface area contributed by atoms with Gasteiger partial charge in [0.05, 0.1) is 18.2 Å². The minimum Gasteiger partial charge on any atom is -0.493 e. The Bertz CT molecular complexity index is 467. The normalized spacial score (nSPS) is 20.6. The number of halogens is 1. The third-order valence-electron chi connectivity index (χ3n) is 3.90. The van der Waals surface area contributed by atoms with E-state index < -0.39 is 0 Å². The van der Waals surface area contributed by atoms with Crippen molar-refractivity contribution in [3.8, 4) is 11.5 Å². The molecule has 1 aromatic rings. The van der Waals surface area contributed by atoms with Crippen LogP contribution >= 0.6 is 11.6 Å². The first-order valence-electron chi connectivity index (χ1n) is 6.43. The summed E-state index contributed by atoms with van der Waals surface area (Å²) in [5.41, 5.74) is 7.15. The first-order valence-corrected chi connectivity index (χ1v) is 6.81. The second kappa shape index (κ2) is 4.32. The van der Waals surface area contributed by atoms with E-state index in [1.165, 1.54) is 5.56 Å². The molecule has 2 aliphatic carbocycles. The maximum atomic E-state index is 6.33. The molecule has 0 bridgehead atoms. The van der Waals surface area contributed by atoms with Crippen LogP contribution < -0.4 is 15.2 Å². The molecule has 18 heavy (non-hydrogen) atoms. The molecule has 3 rings (SSSR count). The number of methoxy groups -OCH3 is 1. The fourth-order valence-corrected chi connectivity index (χ4v) is 2.51. The van der Waals surface area contributed by atoms with Gasteiger partial charge in [0.25, 0.3) is 0 Å². The van der Waals surface area contributed by atoms with Gasteiger partial charge in [-0.25, -0.2) is 0 Å². The number of nitrogens with two attached hydrogens (primary N) is 1. The Morgan fingerprint density at radius 2 is 2.11 bits per heavy atom. The van der Waals surface area contributed by atoms with Gasteiger partial charge in [-0.2, -0.15) is 0 Å². The molecule has 0 atom stereocenters. The summed E-state index contributed by atoms with van der Waals surface area (Å²) in [6, 6.07) is 4.02. The fourth-order valence-electron chi connectivity index (χ4n) is 2.25. The molecular weight excluding hydrogens is 250 g/mol. The average Bonchev–Trinajstić information content (AvgIpc) is 3.26. The molecule has 0 aromatic heterocycles. The molecule has 98 valence electrons. The average molecular weight is 268 g/mol. The van der Waals surface area contributed by atoms with Crippen molar-refractivity contribution in [3.05, 3.63) is 22.7 Å². The zero-order chi connectivity index (χ0) is 12.8. The van der Waals surface area contributed by atoms with Gasteiger partial charge >= 0.3 is 0 Å². The van der Waals surface area contributed by atoms with Gasteiger partial charge in [-0.3, -0.25) is 0 Å². The topological polar surface area (TPSA) is 44.5 Å². The molecule has 0 aliphatic heterocycles. The van der Waals surface area contributed by atoms with Crippen molar-refractivity contribution < 1.29 is 9.47 Å². The van der Waals surface area contributed by atoms with Crippen molar-refractivity contribution in [2.45, 2.75) is 37.2 Å². The second-order valence-corrected chi connectivity index (χ2v) is 5.70. The Balaban J connectivity index is 1.96. The summed E-state index contributed by atoms with van der Waals surface area (Å²) in [4.78, 5) is 0. The van der Waals surface area contributed by atoms with Crippen LogP contribution in [0.3, 0.4) is 0 Å². The highest BCUT2D eigenvalue weighted by Gasteiger charge is 2.43. The summed E-state index contributed by atoms with van der Waals surface area (Å²) in [7, 11) is 1.65. The standard InChI is InChI=1S/C14H18ClNO2/c1-17-12-7-9(14(8-16)4-5-14)6-11(15)13(12)18-10-2-3-10/h6-7,10H,2-5,8,16H2,1H3. The van der Waals surface area contributed by atoms with E-state index in [-0.39, 0.29) is 5.41 Å². The van der Waals surface area contributed by atoms with Crippen molar-refractivity contribution in [1.29, 1.82) is 0 Å². The van der Waals surface area contributed by atoms with Gasteiger partial charge < -0.3 is 15.2 Å². The van der Waals surface area contributed by atoms with Crippen LogP contribution in [0.5, 0.6) is 11.5 Å². The molecule has 2 fully saturated rings. The monoisotopic (exact) mass is 267 g/mol. The largest absolute Gasteiger partial charge is 0.493 e. The third kappa shape index (κ3) is 2.06. The minimum absolute atomic E-state index is 0.120. The molecule has 0 unspecified atom stereocenters. The van der Waals surface area contributed by atoms with E-state index in [4.69, 9.17) is 26.8 Å². The Hall–Kier alpha value is -0.930. The summed E-state index contributed by atoms with van der Waals surface area (Å²) in [5, 5.41) is 0.635. The van der Waals surface area contributed by atoms with Gasteiger partial charge in [-0.05, 0) is 43.4 Å². The molecule has 4 heteroatoms. The summed E-state index contributed by atoms with van der Waals surface area (Å²) in [6.07, 6.45) is 4.78. The molecule has 2 aliphatic rings. The van der Waals surface area contributed by atoms with Gasteiger partial charge in [0, 0.05) is 12.0 Å². The van der Waals surface area contributed by atoms with Crippen LogP contribution in [0.1, 0.15) is 31.2 Å². The number of rotatable bonds is 5. The van der Waals surface area contributed by atoms with E-state index >= 15 is 0 Å². The molecule has 0 radical (unpaired) electrons. The lowest BCUT2D eigenvalue weighted by atomic mass is 9.96. The smallest absolute Gasteiger partial charge is 0.180 e. The SMILES string of the molecule is COc1cc(C2(CN)CC2)cc(Cl)c1OC1CC1. The molecule has 0 saturated heterocycles. The summed E-state index contributed by atoms with van der Waals surface area (Å²) in [5.74, 6) is 1.40. The van der Waals surface area contributed by atoms with Crippen molar-refractivity contribution in [2.24, 2.45) is 5.73 Å². The predicted octanol–water partition coefficient (Wildman–Crippen LogP) is 2.88. The molecule has 0 amide bonds. The van der Waals surface area contributed by atoms with Crippen LogP contribution in [0.15, 0.2) is 12.1 Å². The Morgan fingerprint density at radius 1 is 1.39 bits per heavy atom. The molecule has 0 heterocycles. The van der Waals surface area contributed by atoms with Crippen molar-refractivity contribution in [1.82, 2.24) is 0 Å². The number of ether oxygens (including phenoxy) is 2. The maximum absolute atomic E-state index is 6.33. The zero-order valence-corrected chi connectivity index (χ0v) is 11.3. The Labute approximate surface area is 112 Å². The molecule has 2 N–H and O–H groups in total. The van der Waals surface area contributed by atoms with Crippen LogP contribution in [0.25, 0.3) is 0 Å². The molecule has 3 nitrogen and oxygen atoms in total. The van der Waals surface area contributed by atoms with E-state index in [0.717, 1.165) is 31.4 Å². The van der Waals surface area contributed by atoms with Crippen LogP contribution in [0, 0.1) is 0 Å². The van der Waals surface area contributed by atoms with Crippen LogP contribution in [-0.2, 0) is 5.41 Å². The minimum atomic E-state index is 0.120. The van der Waals surface area contributed by atoms with Crippen LogP contribution in [0.2, 0.25) is 5.02 Å². The molecular formula is C14H18ClNO2. The lowest BCUT2D eigenvalue weighted by Gasteiger charge is -2.18. The molecule has 1 aromatic carbocycles. The first-order chi connectivity index (χ1) is 8.68. The van der Waals surface area contributed by atoms with Gasteiger partial charge in [0.2, 0.25) is 0 Å². The second-order valence-electron chi connectivity index (χ2n) is 5.29. The van der Waals surface area contributed by atoms with E-state index in [9.17, 15) is 0 Å². The number of hydrogen-bond donors (Lipinski definition) is 1. The van der Waals surface area contributed by atoms with Crippen LogP contribution in [0.4, 0.5) is 0 Å². The first kappa shape index (κ1) is 12.1. The zero-order valence-electron chi connectivity index (χ0n) is 10.5. The lowest BCUT2D eigenvalue weighted by Crippen LogP contribution is -2.19. The molecule has 0 spiro atoms. The molecule has 2 saturated carbocycles. The van der Waals surface area contributed by atoms with Gasteiger partial charge in [-0.15, -0.1) is 0 Å². The highest BCUT2D eigenvalue weighted by Crippen LogP contribution is 2.51. The maximum Gasteiger partial charge on any atom is 0.180 e. The highest BCUT2D eigenvalue weighted by atomic mass is 35.5. The highest BCUT2D eigenvalue weighted by molar-refractivity contribution is 6.32. The predicted molar refractivity (Wildman–Crippen MR) is 71.6 cm³/mol. The van der Waals surface area contributed by atoms with Gasteiger partial charge in [0.15, 0.2) is 11.5 Å². The van der Waals surface area contributed by atoms with Crippen molar-refractivity contribution in [2.75, 3.05) is 13.7 Å². The van der Waals surface area contributed by atoms with E-state index in [1.54, 1.807) is 7.11 Å². The Morgan fingerprint density at radius 3 is 2.61 bits per heavy atom. The summed E-state index contributed by atoms with van der Waals surface area (Å²) < 4.78 is 11.2. The third-order valence-corrected chi connectivity index (χ3v) is 4.18. The van der Waals surface area contributed by atoms with Gasteiger partial charge in [-0.1, -0.05) is 11.6 Å². The number of benzene rings is 1. The Kier molecular flexibility index (Phi) is 2.91. The van der Waals surface area contributed by atoms with E-state index in [2.05, 4.69) is 0 Å². The summed E-state index contributed by atoms with van der Waals surface area (Å²) >= 11 is 6.33. The lowest BCUT2D eigenvalue weighted by molar-refractivity contribution is 0.282. The van der Waals surface area contributed by atoms with E-state index in [1.807, 2.05) is 12.1 Å². The van der Waals surface area contributed by atoms with Crippen LogP contribution in [-0.4, -0.2) is 19.8 Å². The fraction of sp³-hybridized carbons (Fsp3) is 0.571.